The SMILES string of the molecule is Cc1cc2[nH]c(=O)[nH]c2cc1NC(=O)Cc1cccs1. The van der Waals surface area contributed by atoms with Crippen molar-refractivity contribution in [2.24, 2.45) is 0 Å². The maximum Gasteiger partial charge on any atom is 0.323 e. The third-order valence-electron chi connectivity index (χ3n) is 3.05. The number of rotatable bonds is 3. The highest BCUT2D eigenvalue weighted by atomic mass is 32.1. The summed E-state index contributed by atoms with van der Waals surface area (Å²) in [6, 6.07) is 7.47. The fourth-order valence-electron chi connectivity index (χ4n) is 2.09. The van der Waals surface area contributed by atoms with Gasteiger partial charge in [-0.25, -0.2) is 4.79 Å². The normalized spacial score (nSPS) is 10.8. The van der Waals surface area contributed by atoms with E-state index in [0.717, 1.165) is 16.0 Å². The molecule has 1 aromatic carbocycles. The van der Waals surface area contributed by atoms with Gasteiger partial charge in [-0.3, -0.25) is 4.79 Å². The molecule has 3 aromatic rings. The Morgan fingerprint density at radius 2 is 2.05 bits per heavy atom. The summed E-state index contributed by atoms with van der Waals surface area (Å²) in [6.45, 7) is 1.89. The Hall–Kier alpha value is -2.34. The molecule has 3 N–H and O–H groups in total. The van der Waals surface area contributed by atoms with E-state index in [9.17, 15) is 9.59 Å². The van der Waals surface area contributed by atoms with Crippen molar-refractivity contribution in [3.63, 3.8) is 0 Å². The predicted octanol–water partition coefficient (Wildman–Crippen LogP) is 2.41. The average molecular weight is 287 g/mol. The summed E-state index contributed by atoms with van der Waals surface area (Å²) in [4.78, 5) is 29.6. The number of H-pyrrole nitrogens is 2. The highest BCUT2D eigenvalue weighted by Crippen LogP contribution is 2.21. The fraction of sp³-hybridized carbons (Fsp3) is 0.143. The average Bonchev–Trinajstić information content (AvgIpc) is 2.98. The molecule has 0 saturated carbocycles. The lowest BCUT2D eigenvalue weighted by Crippen LogP contribution is -2.14. The standard InChI is InChI=1S/C14H13N3O2S/c1-8-5-11-12(17-14(19)16-11)7-10(8)15-13(18)6-9-3-2-4-20-9/h2-5,7H,6H2,1H3,(H,15,18)(H2,16,17,19). The number of hydrogen-bond donors (Lipinski definition) is 3. The summed E-state index contributed by atoms with van der Waals surface area (Å²) in [5.41, 5.74) is 2.80. The zero-order valence-electron chi connectivity index (χ0n) is 10.8. The second kappa shape index (κ2) is 4.97. The largest absolute Gasteiger partial charge is 0.325 e. The Bertz CT molecular complexity index is 815. The number of aryl methyl sites for hydroxylation is 1. The first-order chi connectivity index (χ1) is 9.61. The molecule has 0 atom stereocenters. The Balaban J connectivity index is 1.84. The molecule has 1 amide bonds. The van der Waals surface area contributed by atoms with Gasteiger partial charge < -0.3 is 15.3 Å². The summed E-state index contributed by atoms with van der Waals surface area (Å²) in [5, 5.41) is 4.83. The number of thiophene rings is 1. The summed E-state index contributed by atoms with van der Waals surface area (Å²) in [7, 11) is 0. The minimum absolute atomic E-state index is 0.0622. The molecule has 0 aliphatic carbocycles. The smallest absolute Gasteiger partial charge is 0.323 e. The van der Waals surface area contributed by atoms with Crippen LogP contribution in [0.25, 0.3) is 11.0 Å². The van der Waals surface area contributed by atoms with Crippen LogP contribution in [0.2, 0.25) is 0 Å². The van der Waals surface area contributed by atoms with E-state index in [4.69, 9.17) is 0 Å². The molecule has 3 rings (SSSR count). The van der Waals surface area contributed by atoms with Gasteiger partial charge in [-0.2, -0.15) is 0 Å². The Morgan fingerprint density at radius 3 is 2.75 bits per heavy atom. The van der Waals surface area contributed by atoms with E-state index in [0.29, 0.717) is 17.6 Å². The van der Waals surface area contributed by atoms with E-state index in [1.165, 1.54) is 0 Å². The molecule has 0 fully saturated rings. The van der Waals surface area contributed by atoms with Crippen LogP contribution < -0.4 is 11.0 Å². The first-order valence-corrected chi connectivity index (χ1v) is 7.04. The van der Waals surface area contributed by atoms with Crippen molar-refractivity contribution in [2.45, 2.75) is 13.3 Å². The number of anilines is 1. The van der Waals surface area contributed by atoms with Crippen LogP contribution in [0.3, 0.4) is 0 Å². The van der Waals surface area contributed by atoms with Crippen LogP contribution in [0.15, 0.2) is 34.4 Å². The maximum atomic E-state index is 12.0. The third kappa shape index (κ3) is 2.50. The number of carbonyl (C=O) groups excluding carboxylic acids is 1. The Kier molecular flexibility index (Phi) is 3.15. The van der Waals surface area contributed by atoms with Gasteiger partial charge in [0.15, 0.2) is 0 Å². The molecule has 5 nitrogen and oxygen atoms in total. The lowest BCUT2D eigenvalue weighted by Gasteiger charge is -2.08. The van der Waals surface area contributed by atoms with Crippen molar-refractivity contribution >= 4 is 34.0 Å². The zero-order chi connectivity index (χ0) is 14.1. The topological polar surface area (TPSA) is 77.8 Å². The molecule has 6 heteroatoms. The number of aromatic nitrogens is 2. The van der Waals surface area contributed by atoms with E-state index in [1.54, 1.807) is 17.4 Å². The number of carbonyl (C=O) groups is 1. The van der Waals surface area contributed by atoms with Gasteiger partial charge in [0.2, 0.25) is 5.91 Å². The Labute approximate surface area is 118 Å². The van der Waals surface area contributed by atoms with Crippen LogP contribution in [0, 0.1) is 6.92 Å². The molecule has 20 heavy (non-hydrogen) atoms. The summed E-state index contributed by atoms with van der Waals surface area (Å²) in [5.74, 6) is -0.0622. The van der Waals surface area contributed by atoms with E-state index in [-0.39, 0.29) is 11.6 Å². The molecular formula is C14H13N3O2S. The molecule has 0 unspecified atom stereocenters. The lowest BCUT2D eigenvalue weighted by atomic mass is 10.1. The van der Waals surface area contributed by atoms with Gasteiger partial charge in [-0.05, 0) is 36.1 Å². The molecule has 0 bridgehead atoms. The second-order valence-electron chi connectivity index (χ2n) is 4.60. The summed E-state index contributed by atoms with van der Waals surface area (Å²) >= 11 is 1.56. The minimum atomic E-state index is -0.249. The van der Waals surface area contributed by atoms with Gasteiger partial charge in [0.25, 0.3) is 0 Å². The number of aromatic amines is 2. The number of fused-ring (bicyclic) bond motifs is 1. The van der Waals surface area contributed by atoms with Crippen LogP contribution in [0.5, 0.6) is 0 Å². The van der Waals surface area contributed by atoms with Gasteiger partial charge in [0.05, 0.1) is 17.5 Å². The quantitative estimate of drug-likeness (QED) is 0.691. The lowest BCUT2D eigenvalue weighted by molar-refractivity contribution is -0.115. The highest BCUT2D eigenvalue weighted by molar-refractivity contribution is 7.10. The van der Waals surface area contributed by atoms with E-state index in [1.807, 2.05) is 30.5 Å². The molecule has 0 spiro atoms. The van der Waals surface area contributed by atoms with E-state index < -0.39 is 0 Å². The third-order valence-corrected chi connectivity index (χ3v) is 3.93. The van der Waals surface area contributed by atoms with Crippen molar-refractivity contribution in [3.05, 3.63) is 50.6 Å². The monoisotopic (exact) mass is 287 g/mol. The van der Waals surface area contributed by atoms with Crippen LogP contribution in [0.1, 0.15) is 10.4 Å². The molecule has 2 aromatic heterocycles. The van der Waals surface area contributed by atoms with Gasteiger partial charge in [-0.15, -0.1) is 11.3 Å². The van der Waals surface area contributed by atoms with Crippen LogP contribution in [0.4, 0.5) is 5.69 Å². The van der Waals surface area contributed by atoms with Crippen LogP contribution in [-0.2, 0) is 11.2 Å². The van der Waals surface area contributed by atoms with Gasteiger partial charge >= 0.3 is 5.69 Å². The maximum absolute atomic E-state index is 12.0. The molecule has 0 radical (unpaired) electrons. The van der Waals surface area contributed by atoms with Crippen molar-refractivity contribution in [1.82, 2.24) is 9.97 Å². The summed E-state index contributed by atoms with van der Waals surface area (Å²) in [6.07, 6.45) is 0.360. The van der Waals surface area contributed by atoms with Crippen molar-refractivity contribution < 1.29 is 4.79 Å². The van der Waals surface area contributed by atoms with Crippen molar-refractivity contribution in [3.8, 4) is 0 Å². The number of hydrogen-bond acceptors (Lipinski definition) is 3. The van der Waals surface area contributed by atoms with Gasteiger partial charge in [-0.1, -0.05) is 6.07 Å². The van der Waals surface area contributed by atoms with Crippen molar-refractivity contribution in [2.75, 3.05) is 5.32 Å². The molecule has 0 saturated heterocycles. The molecular weight excluding hydrogens is 274 g/mol. The first-order valence-electron chi connectivity index (χ1n) is 6.17. The molecule has 102 valence electrons. The van der Waals surface area contributed by atoms with Gasteiger partial charge in [0.1, 0.15) is 0 Å². The van der Waals surface area contributed by atoms with E-state index >= 15 is 0 Å². The second-order valence-corrected chi connectivity index (χ2v) is 5.63. The van der Waals surface area contributed by atoms with Gasteiger partial charge in [0, 0.05) is 10.6 Å². The number of amides is 1. The van der Waals surface area contributed by atoms with Crippen LogP contribution in [-0.4, -0.2) is 15.9 Å². The predicted molar refractivity (Wildman–Crippen MR) is 80.3 cm³/mol. The zero-order valence-corrected chi connectivity index (χ0v) is 11.6. The van der Waals surface area contributed by atoms with E-state index in [2.05, 4.69) is 15.3 Å². The minimum Gasteiger partial charge on any atom is -0.325 e. The fourth-order valence-corrected chi connectivity index (χ4v) is 2.79. The van der Waals surface area contributed by atoms with Crippen molar-refractivity contribution in [1.29, 1.82) is 0 Å². The molecule has 0 aliphatic rings. The summed E-state index contributed by atoms with van der Waals surface area (Å²) < 4.78 is 0. The van der Waals surface area contributed by atoms with Crippen LogP contribution >= 0.6 is 11.3 Å². The molecule has 0 aliphatic heterocycles. The number of imidazole rings is 1. The number of nitrogens with one attached hydrogen (secondary N) is 3. The highest BCUT2D eigenvalue weighted by Gasteiger charge is 2.09. The Morgan fingerprint density at radius 1 is 1.30 bits per heavy atom. The number of benzene rings is 1. The first kappa shape index (κ1) is 12.7. The molecule has 2 heterocycles.